The van der Waals surface area contributed by atoms with Crippen LogP contribution in [0.5, 0.6) is 0 Å². The van der Waals surface area contributed by atoms with Crippen molar-refractivity contribution in [2.75, 3.05) is 20.1 Å². The minimum atomic E-state index is -0.138. The predicted octanol–water partition coefficient (Wildman–Crippen LogP) is 2.44. The molecule has 0 radical (unpaired) electrons. The highest BCUT2D eigenvalue weighted by molar-refractivity contribution is 5.16. The Morgan fingerprint density at radius 3 is 2.70 bits per heavy atom. The molecule has 0 spiro atoms. The number of aromatic nitrogens is 1. The first-order valence-corrected chi connectivity index (χ1v) is 6.78. The monoisotopic (exact) mass is 273 g/mol. The molecule has 1 aromatic heterocycles. The summed E-state index contributed by atoms with van der Waals surface area (Å²) in [6.45, 7) is 3.09. The van der Waals surface area contributed by atoms with Crippen LogP contribution in [-0.4, -0.2) is 30.0 Å². The second-order valence-corrected chi connectivity index (χ2v) is 4.83. The van der Waals surface area contributed by atoms with Gasteiger partial charge in [-0.1, -0.05) is 24.3 Å². The van der Waals surface area contributed by atoms with Crippen LogP contribution in [0.3, 0.4) is 0 Å². The lowest BCUT2D eigenvalue weighted by Crippen LogP contribution is -2.29. The van der Waals surface area contributed by atoms with Gasteiger partial charge in [0.1, 0.15) is 5.82 Å². The zero-order valence-electron chi connectivity index (χ0n) is 11.7. The number of rotatable bonds is 7. The van der Waals surface area contributed by atoms with E-state index in [0.717, 1.165) is 30.9 Å². The third-order valence-electron chi connectivity index (χ3n) is 3.10. The molecule has 106 valence electrons. The van der Waals surface area contributed by atoms with Crippen LogP contribution in [0.25, 0.3) is 0 Å². The molecule has 0 amide bonds. The number of halogens is 1. The van der Waals surface area contributed by atoms with E-state index in [1.807, 2.05) is 37.4 Å². The molecule has 0 atom stereocenters. The molecule has 1 aromatic carbocycles. The quantitative estimate of drug-likeness (QED) is 0.785. The van der Waals surface area contributed by atoms with Crippen molar-refractivity contribution in [3.63, 3.8) is 0 Å². The normalized spacial score (nSPS) is 10.9. The number of hydrogen-bond donors (Lipinski definition) is 1. The van der Waals surface area contributed by atoms with Crippen LogP contribution in [0.2, 0.25) is 0 Å². The lowest BCUT2D eigenvalue weighted by atomic mass is 10.2. The highest BCUT2D eigenvalue weighted by atomic mass is 19.1. The molecule has 0 unspecified atom stereocenters. The van der Waals surface area contributed by atoms with Crippen LogP contribution < -0.4 is 5.32 Å². The summed E-state index contributed by atoms with van der Waals surface area (Å²) >= 11 is 0. The van der Waals surface area contributed by atoms with Gasteiger partial charge in [0.05, 0.1) is 5.69 Å². The van der Waals surface area contributed by atoms with E-state index < -0.39 is 0 Å². The Morgan fingerprint density at radius 1 is 1.15 bits per heavy atom. The molecule has 0 aliphatic rings. The molecule has 0 fully saturated rings. The van der Waals surface area contributed by atoms with Crippen LogP contribution in [0.1, 0.15) is 11.3 Å². The Kier molecular flexibility index (Phi) is 5.65. The lowest BCUT2D eigenvalue weighted by Gasteiger charge is -2.17. The van der Waals surface area contributed by atoms with Crippen LogP contribution in [0, 0.1) is 5.82 Å². The average molecular weight is 273 g/mol. The Bertz CT molecular complexity index is 516. The van der Waals surface area contributed by atoms with Gasteiger partial charge in [0, 0.05) is 37.9 Å². The molecule has 1 N–H and O–H groups in total. The largest absolute Gasteiger partial charge is 0.310 e. The second-order valence-electron chi connectivity index (χ2n) is 4.83. The molecule has 0 bridgehead atoms. The van der Waals surface area contributed by atoms with Crippen molar-refractivity contribution < 1.29 is 4.39 Å². The third-order valence-corrected chi connectivity index (χ3v) is 3.10. The molecule has 4 heteroatoms. The third kappa shape index (κ3) is 4.72. The first-order chi connectivity index (χ1) is 9.75. The molecule has 20 heavy (non-hydrogen) atoms. The summed E-state index contributed by atoms with van der Waals surface area (Å²) in [5.41, 5.74) is 1.77. The van der Waals surface area contributed by atoms with Crippen LogP contribution in [0.15, 0.2) is 48.7 Å². The molecule has 0 aliphatic heterocycles. The fraction of sp³-hybridized carbons (Fsp3) is 0.312. The Morgan fingerprint density at radius 2 is 1.95 bits per heavy atom. The minimum absolute atomic E-state index is 0.138. The number of benzene rings is 1. The predicted molar refractivity (Wildman–Crippen MR) is 78.7 cm³/mol. The average Bonchev–Trinajstić information content (AvgIpc) is 2.47. The van der Waals surface area contributed by atoms with Crippen molar-refractivity contribution in [2.45, 2.75) is 13.1 Å². The van der Waals surface area contributed by atoms with Crippen LogP contribution in [-0.2, 0) is 13.1 Å². The first-order valence-electron chi connectivity index (χ1n) is 6.78. The van der Waals surface area contributed by atoms with Crippen molar-refractivity contribution >= 4 is 0 Å². The van der Waals surface area contributed by atoms with E-state index in [2.05, 4.69) is 15.2 Å². The van der Waals surface area contributed by atoms with Gasteiger partial charge >= 0.3 is 0 Å². The van der Waals surface area contributed by atoms with E-state index in [-0.39, 0.29) is 5.82 Å². The van der Waals surface area contributed by atoms with Crippen LogP contribution >= 0.6 is 0 Å². The summed E-state index contributed by atoms with van der Waals surface area (Å²) in [6, 6.07) is 12.8. The number of nitrogens with one attached hydrogen (secondary N) is 1. The van der Waals surface area contributed by atoms with Crippen molar-refractivity contribution in [1.82, 2.24) is 15.2 Å². The Labute approximate surface area is 119 Å². The molecule has 2 rings (SSSR count). The number of pyridine rings is 1. The SMILES string of the molecule is CN(CCNCc1ccccn1)Cc1ccccc1F. The molecule has 2 aromatic rings. The van der Waals surface area contributed by atoms with Gasteiger partial charge in [-0.2, -0.15) is 0 Å². The fourth-order valence-electron chi connectivity index (χ4n) is 1.99. The summed E-state index contributed by atoms with van der Waals surface area (Å²) in [5.74, 6) is -0.138. The van der Waals surface area contributed by atoms with Crippen molar-refractivity contribution in [3.05, 3.63) is 65.7 Å². The topological polar surface area (TPSA) is 28.2 Å². The molecule has 0 saturated carbocycles. The lowest BCUT2D eigenvalue weighted by molar-refractivity contribution is 0.318. The number of hydrogen-bond acceptors (Lipinski definition) is 3. The standard InChI is InChI=1S/C16H20FN3/c1-20(13-14-6-2-3-8-16(14)17)11-10-18-12-15-7-4-5-9-19-15/h2-9,18H,10-13H2,1H3. The van der Waals surface area contributed by atoms with Crippen LogP contribution in [0.4, 0.5) is 4.39 Å². The van der Waals surface area contributed by atoms with E-state index in [9.17, 15) is 4.39 Å². The fourth-order valence-corrected chi connectivity index (χ4v) is 1.99. The number of likely N-dealkylation sites (N-methyl/N-ethyl adjacent to an activating group) is 1. The van der Waals surface area contributed by atoms with Crippen molar-refractivity contribution in [2.24, 2.45) is 0 Å². The Balaban J connectivity index is 1.68. The summed E-state index contributed by atoms with van der Waals surface area (Å²) in [7, 11) is 1.99. The zero-order chi connectivity index (χ0) is 14.2. The second kappa shape index (κ2) is 7.72. The van der Waals surface area contributed by atoms with Gasteiger partial charge < -0.3 is 10.2 Å². The highest BCUT2D eigenvalue weighted by Crippen LogP contribution is 2.08. The van der Waals surface area contributed by atoms with Gasteiger partial charge in [-0.3, -0.25) is 4.98 Å². The van der Waals surface area contributed by atoms with Gasteiger partial charge in [-0.15, -0.1) is 0 Å². The Hall–Kier alpha value is -1.78. The highest BCUT2D eigenvalue weighted by Gasteiger charge is 2.04. The molecular weight excluding hydrogens is 253 g/mol. The summed E-state index contributed by atoms with van der Waals surface area (Å²) in [6.07, 6.45) is 1.79. The molecule has 0 saturated heterocycles. The van der Waals surface area contributed by atoms with E-state index in [1.165, 1.54) is 6.07 Å². The summed E-state index contributed by atoms with van der Waals surface area (Å²) in [5, 5.41) is 3.34. The van der Waals surface area contributed by atoms with E-state index >= 15 is 0 Å². The maximum absolute atomic E-state index is 13.5. The maximum atomic E-state index is 13.5. The summed E-state index contributed by atoms with van der Waals surface area (Å²) < 4.78 is 13.5. The van der Waals surface area contributed by atoms with Crippen molar-refractivity contribution in [3.8, 4) is 0 Å². The van der Waals surface area contributed by atoms with Crippen molar-refractivity contribution in [1.29, 1.82) is 0 Å². The van der Waals surface area contributed by atoms with Gasteiger partial charge in [-0.05, 0) is 25.2 Å². The van der Waals surface area contributed by atoms with Gasteiger partial charge in [-0.25, -0.2) is 4.39 Å². The van der Waals surface area contributed by atoms with E-state index in [4.69, 9.17) is 0 Å². The molecule has 3 nitrogen and oxygen atoms in total. The molecule has 1 heterocycles. The first kappa shape index (κ1) is 14.6. The smallest absolute Gasteiger partial charge is 0.127 e. The number of nitrogens with zero attached hydrogens (tertiary/aromatic N) is 2. The van der Waals surface area contributed by atoms with Gasteiger partial charge in [0.2, 0.25) is 0 Å². The molecule has 0 aliphatic carbocycles. The van der Waals surface area contributed by atoms with E-state index in [1.54, 1.807) is 12.3 Å². The summed E-state index contributed by atoms with van der Waals surface area (Å²) in [4.78, 5) is 6.35. The van der Waals surface area contributed by atoms with Gasteiger partial charge in [0.15, 0.2) is 0 Å². The van der Waals surface area contributed by atoms with E-state index in [0.29, 0.717) is 6.54 Å². The zero-order valence-corrected chi connectivity index (χ0v) is 11.7. The minimum Gasteiger partial charge on any atom is -0.310 e. The van der Waals surface area contributed by atoms with Gasteiger partial charge in [0.25, 0.3) is 0 Å². The molecular formula is C16H20FN3. The maximum Gasteiger partial charge on any atom is 0.127 e.